The van der Waals surface area contributed by atoms with Crippen molar-refractivity contribution in [2.24, 2.45) is 4.99 Å². The summed E-state index contributed by atoms with van der Waals surface area (Å²) in [5.74, 6) is -2.16. The van der Waals surface area contributed by atoms with Crippen molar-refractivity contribution in [3.8, 4) is 0 Å². The summed E-state index contributed by atoms with van der Waals surface area (Å²) in [5.41, 5.74) is 0.265. The van der Waals surface area contributed by atoms with Crippen LogP contribution in [0.4, 0.5) is 8.78 Å². The molecule has 0 N–H and O–H groups in total. The van der Waals surface area contributed by atoms with Crippen LogP contribution in [0.5, 0.6) is 0 Å². The number of carbonyl (C=O) groups is 1. The van der Waals surface area contributed by atoms with Gasteiger partial charge in [-0.05, 0) is 30.3 Å². The summed E-state index contributed by atoms with van der Waals surface area (Å²) in [6, 6.07) is 7.27. The van der Waals surface area contributed by atoms with E-state index in [1.165, 1.54) is 57.4 Å². The zero-order chi connectivity index (χ0) is 24.2. The Balaban J connectivity index is 2.00. The molecular formula is C23H21F2N3O3S2. The Hall–Kier alpha value is -3.21. The molecule has 2 aromatic carbocycles. The minimum Gasteiger partial charge on any atom is -0.310 e. The van der Waals surface area contributed by atoms with Crippen molar-refractivity contribution in [2.45, 2.75) is 11.4 Å². The van der Waals surface area contributed by atoms with Crippen LogP contribution in [0.2, 0.25) is 0 Å². The molecule has 0 saturated heterocycles. The van der Waals surface area contributed by atoms with Gasteiger partial charge in [0.1, 0.15) is 5.82 Å². The Morgan fingerprint density at radius 1 is 1.06 bits per heavy atom. The lowest BCUT2D eigenvalue weighted by Gasteiger charge is -2.19. The number of allylic oxidation sites excluding steroid dienone is 1. The molecule has 0 radical (unpaired) electrons. The Bertz CT molecular complexity index is 1400. The number of hydrogen-bond donors (Lipinski definition) is 0. The largest absolute Gasteiger partial charge is 0.310 e. The van der Waals surface area contributed by atoms with E-state index in [9.17, 15) is 22.0 Å². The molecule has 1 aromatic heterocycles. The van der Waals surface area contributed by atoms with E-state index >= 15 is 0 Å². The van der Waals surface area contributed by atoms with E-state index < -0.39 is 27.6 Å². The number of halogens is 2. The van der Waals surface area contributed by atoms with Gasteiger partial charge >= 0.3 is 0 Å². The first-order valence-electron chi connectivity index (χ1n) is 9.73. The van der Waals surface area contributed by atoms with Gasteiger partial charge in [0.2, 0.25) is 10.0 Å². The maximum absolute atomic E-state index is 14.3. The maximum Gasteiger partial charge on any atom is 0.279 e. The number of fused-ring (bicyclic) bond motifs is 1. The first-order valence-corrected chi connectivity index (χ1v) is 12.0. The second-order valence-electron chi connectivity index (χ2n) is 6.86. The second kappa shape index (κ2) is 10.2. The minimum absolute atomic E-state index is 0.00359. The number of thiazole rings is 1. The molecule has 0 saturated carbocycles. The molecule has 0 unspecified atom stereocenters. The number of sulfonamides is 1. The zero-order valence-electron chi connectivity index (χ0n) is 17.6. The monoisotopic (exact) mass is 489 g/mol. The van der Waals surface area contributed by atoms with Crippen molar-refractivity contribution in [1.29, 1.82) is 0 Å². The molecule has 33 heavy (non-hydrogen) atoms. The molecule has 1 amide bonds. The number of rotatable bonds is 9. The molecule has 1 heterocycles. The van der Waals surface area contributed by atoms with E-state index in [4.69, 9.17) is 0 Å². The number of amides is 1. The summed E-state index contributed by atoms with van der Waals surface area (Å²) < 4.78 is 56.5. The van der Waals surface area contributed by atoms with Crippen molar-refractivity contribution >= 4 is 37.5 Å². The molecular weight excluding hydrogens is 468 g/mol. The van der Waals surface area contributed by atoms with Gasteiger partial charge in [-0.15, -0.1) is 19.7 Å². The summed E-state index contributed by atoms with van der Waals surface area (Å²) in [6.07, 6.45) is 4.45. The Morgan fingerprint density at radius 3 is 2.27 bits per heavy atom. The van der Waals surface area contributed by atoms with E-state index in [1.54, 1.807) is 0 Å². The third kappa shape index (κ3) is 5.08. The van der Waals surface area contributed by atoms with Gasteiger partial charge in [0.25, 0.3) is 5.91 Å². The Morgan fingerprint density at radius 2 is 1.70 bits per heavy atom. The van der Waals surface area contributed by atoms with Gasteiger partial charge in [0, 0.05) is 31.3 Å². The first-order chi connectivity index (χ1) is 15.7. The maximum atomic E-state index is 14.3. The van der Waals surface area contributed by atoms with Crippen LogP contribution >= 0.6 is 11.3 Å². The second-order valence-corrected chi connectivity index (χ2v) is 9.81. The smallest absolute Gasteiger partial charge is 0.279 e. The highest BCUT2D eigenvalue weighted by Crippen LogP contribution is 2.23. The molecule has 6 nitrogen and oxygen atoms in total. The van der Waals surface area contributed by atoms with Crippen LogP contribution in [-0.2, 0) is 16.6 Å². The Labute approximate surface area is 194 Å². The van der Waals surface area contributed by atoms with E-state index in [1.807, 2.05) is 0 Å². The van der Waals surface area contributed by atoms with E-state index in [-0.39, 0.29) is 40.4 Å². The number of nitrogens with zero attached hydrogens (tertiary/aromatic N) is 3. The van der Waals surface area contributed by atoms with Crippen LogP contribution in [0.3, 0.4) is 0 Å². The lowest BCUT2D eigenvalue weighted by molar-refractivity contribution is 0.0997. The minimum atomic E-state index is -3.81. The molecule has 0 fully saturated rings. The average Bonchev–Trinajstić information content (AvgIpc) is 3.10. The van der Waals surface area contributed by atoms with Gasteiger partial charge in [-0.25, -0.2) is 17.2 Å². The number of carbonyl (C=O) groups excluding carboxylic acids is 1. The van der Waals surface area contributed by atoms with Gasteiger partial charge in [-0.1, -0.05) is 29.6 Å². The highest BCUT2D eigenvalue weighted by Gasteiger charge is 2.22. The summed E-state index contributed by atoms with van der Waals surface area (Å²) in [5, 5.41) is 0. The Kier molecular flexibility index (Phi) is 7.52. The summed E-state index contributed by atoms with van der Waals surface area (Å²) in [4.78, 5) is 17.0. The fourth-order valence-electron chi connectivity index (χ4n) is 3.14. The fourth-order valence-corrected chi connectivity index (χ4v) is 5.60. The van der Waals surface area contributed by atoms with Gasteiger partial charge < -0.3 is 4.57 Å². The molecule has 0 spiro atoms. The zero-order valence-corrected chi connectivity index (χ0v) is 19.2. The molecule has 0 atom stereocenters. The number of aromatic nitrogens is 1. The van der Waals surface area contributed by atoms with Gasteiger partial charge in [0.15, 0.2) is 10.6 Å². The molecule has 3 aromatic rings. The van der Waals surface area contributed by atoms with Crippen molar-refractivity contribution in [2.75, 3.05) is 13.1 Å². The molecule has 10 heteroatoms. The van der Waals surface area contributed by atoms with Gasteiger partial charge in [0.05, 0.1) is 15.1 Å². The standard InChI is InChI=1S/C23H21F2N3O3S2/c1-4-11-27(12-5-2)33(30,31)18-9-7-16(8-10-18)22(29)26-23-28(13-6-3)21-19(25)14-17(24)15-20(21)32-23/h4-10,14-15H,1-3,11-13H2. The van der Waals surface area contributed by atoms with E-state index in [0.29, 0.717) is 4.70 Å². The molecule has 0 aliphatic heterocycles. The summed E-state index contributed by atoms with van der Waals surface area (Å²) in [6.45, 7) is 11.1. The van der Waals surface area contributed by atoms with Crippen LogP contribution in [-0.4, -0.2) is 36.3 Å². The van der Waals surface area contributed by atoms with Crippen molar-refractivity contribution in [3.63, 3.8) is 0 Å². The first kappa shape index (κ1) is 24.4. The number of benzene rings is 2. The number of hydrogen-bond acceptors (Lipinski definition) is 4. The van der Waals surface area contributed by atoms with Gasteiger partial charge in [-0.2, -0.15) is 9.30 Å². The lowest BCUT2D eigenvalue weighted by Crippen LogP contribution is -2.31. The topological polar surface area (TPSA) is 71.7 Å². The van der Waals surface area contributed by atoms with E-state index in [2.05, 4.69) is 24.7 Å². The molecule has 0 aliphatic rings. The molecule has 3 rings (SSSR count). The van der Waals surface area contributed by atoms with Crippen LogP contribution < -0.4 is 4.80 Å². The normalized spacial score (nSPS) is 12.3. The highest BCUT2D eigenvalue weighted by atomic mass is 32.2. The lowest BCUT2D eigenvalue weighted by atomic mass is 10.2. The molecule has 0 aliphatic carbocycles. The third-order valence-corrected chi connectivity index (χ3v) is 7.48. The third-order valence-electron chi connectivity index (χ3n) is 4.61. The van der Waals surface area contributed by atoms with Crippen LogP contribution in [0.15, 0.2) is 84.3 Å². The van der Waals surface area contributed by atoms with E-state index in [0.717, 1.165) is 17.4 Å². The quantitative estimate of drug-likeness (QED) is 0.422. The average molecular weight is 490 g/mol. The molecule has 172 valence electrons. The summed E-state index contributed by atoms with van der Waals surface area (Å²) >= 11 is 0.964. The molecule has 0 bridgehead atoms. The fraction of sp³-hybridized carbons (Fsp3) is 0.130. The van der Waals surface area contributed by atoms with Crippen LogP contribution in [0, 0.1) is 11.6 Å². The predicted molar refractivity (Wildman–Crippen MR) is 125 cm³/mol. The van der Waals surface area contributed by atoms with Crippen molar-refractivity contribution in [1.82, 2.24) is 8.87 Å². The van der Waals surface area contributed by atoms with Crippen molar-refractivity contribution < 1.29 is 22.0 Å². The SMILES string of the molecule is C=CCN(CC=C)S(=O)(=O)c1ccc(C(=O)N=c2sc3cc(F)cc(F)c3n2CC=C)cc1. The van der Waals surface area contributed by atoms with Crippen LogP contribution in [0.25, 0.3) is 10.2 Å². The summed E-state index contributed by atoms with van der Waals surface area (Å²) in [7, 11) is -3.81. The van der Waals surface area contributed by atoms with Crippen molar-refractivity contribution in [3.05, 3.63) is 96.4 Å². The highest BCUT2D eigenvalue weighted by molar-refractivity contribution is 7.89. The van der Waals surface area contributed by atoms with Gasteiger partial charge in [-0.3, -0.25) is 4.79 Å². The predicted octanol–water partition coefficient (Wildman–Crippen LogP) is 4.27. The van der Waals surface area contributed by atoms with Crippen LogP contribution in [0.1, 0.15) is 10.4 Å².